The van der Waals surface area contributed by atoms with E-state index < -0.39 is 4.92 Å². The van der Waals surface area contributed by atoms with E-state index in [0.29, 0.717) is 18.7 Å². The molecule has 0 unspecified atom stereocenters. The van der Waals surface area contributed by atoms with E-state index in [1.165, 1.54) is 12.1 Å². The van der Waals surface area contributed by atoms with E-state index in [0.717, 1.165) is 21.8 Å². The summed E-state index contributed by atoms with van der Waals surface area (Å²) in [4.78, 5) is 27.4. The summed E-state index contributed by atoms with van der Waals surface area (Å²) in [5.74, 6) is -0.333. The maximum absolute atomic E-state index is 12.3. The van der Waals surface area contributed by atoms with Crippen LogP contribution in [0.25, 0.3) is 11.3 Å². The molecule has 0 aliphatic carbocycles. The Morgan fingerprint density at radius 3 is 2.57 bits per heavy atom. The number of nitro groups is 1. The molecule has 3 rings (SSSR count). The molecular weight excluding hydrogens is 376 g/mol. The molecule has 2 N–H and O–H groups in total. The minimum Gasteiger partial charge on any atom is -0.383 e. The number of rotatable bonds is 7. The molecule has 28 heavy (non-hydrogen) atoms. The van der Waals surface area contributed by atoms with Crippen LogP contribution in [-0.2, 0) is 6.42 Å². The van der Waals surface area contributed by atoms with Crippen molar-refractivity contribution in [2.45, 2.75) is 13.3 Å². The number of carbonyl (C=O) groups is 1. The number of amides is 1. The van der Waals surface area contributed by atoms with Crippen molar-refractivity contribution < 1.29 is 9.72 Å². The molecular formula is C20H20N4O3S. The number of carbonyl (C=O) groups excluding carboxylic acids is 1. The highest BCUT2D eigenvalue weighted by molar-refractivity contribution is 7.09. The normalized spacial score (nSPS) is 10.5. The van der Waals surface area contributed by atoms with Crippen molar-refractivity contribution in [3.63, 3.8) is 0 Å². The smallest absolute Gasteiger partial charge is 0.293 e. The Labute approximate surface area is 166 Å². The SMILES string of the molecule is CNc1ccc(C(=O)NCCc2ccc(-c3csc(C)n3)cc2)cc1[N+](=O)[O-]. The van der Waals surface area contributed by atoms with Crippen LogP contribution < -0.4 is 10.6 Å². The Morgan fingerprint density at radius 1 is 1.21 bits per heavy atom. The molecule has 0 radical (unpaired) electrons. The fraction of sp³-hybridized carbons (Fsp3) is 0.200. The van der Waals surface area contributed by atoms with Crippen LogP contribution in [0.4, 0.5) is 11.4 Å². The number of hydrogen-bond acceptors (Lipinski definition) is 6. The van der Waals surface area contributed by atoms with Gasteiger partial charge in [0.1, 0.15) is 5.69 Å². The molecule has 0 spiro atoms. The van der Waals surface area contributed by atoms with Crippen LogP contribution in [0.2, 0.25) is 0 Å². The number of anilines is 1. The molecule has 0 atom stereocenters. The molecule has 3 aromatic rings. The molecule has 144 valence electrons. The summed E-state index contributed by atoms with van der Waals surface area (Å²) in [6, 6.07) is 12.5. The zero-order valence-corrected chi connectivity index (χ0v) is 16.4. The van der Waals surface area contributed by atoms with Gasteiger partial charge in [0, 0.05) is 36.2 Å². The summed E-state index contributed by atoms with van der Waals surface area (Å²) in [6.45, 7) is 2.42. The van der Waals surface area contributed by atoms with Crippen molar-refractivity contribution in [3.05, 3.63) is 74.1 Å². The van der Waals surface area contributed by atoms with Crippen LogP contribution in [-0.4, -0.2) is 29.4 Å². The second-order valence-corrected chi connectivity index (χ2v) is 7.26. The highest BCUT2D eigenvalue weighted by Crippen LogP contribution is 2.25. The third kappa shape index (κ3) is 4.52. The highest BCUT2D eigenvalue weighted by atomic mass is 32.1. The van der Waals surface area contributed by atoms with E-state index in [4.69, 9.17) is 0 Å². The molecule has 1 amide bonds. The van der Waals surface area contributed by atoms with Gasteiger partial charge >= 0.3 is 0 Å². The van der Waals surface area contributed by atoms with Gasteiger partial charge in [-0.05, 0) is 31.0 Å². The van der Waals surface area contributed by atoms with Gasteiger partial charge in [-0.3, -0.25) is 14.9 Å². The zero-order chi connectivity index (χ0) is 20.1. The highest BCUT2D eigenvalue weighted by Gasteiger charge is 2.16. The summed E-state index contributed by atoms with van der Waals surface area (Å²) >= 11 is 1.62. The lowest BCUT2D eigenvalue weighted by Gasteiger charge is -2.08. The average Bonchev–Trinajstić information content (AvgIpc) is 3.14. The molecule has 7 nitrogen and oxygen atoms in total. The van der Waals surface area contributed by atoms with E-state index in [-0.39, 0.29) is 17.2 Å². The number of nitrogens with zero attached hydrogens (tertiary/aromatic N) is 2. The summed E-state index contributed by atoms with van der Waals surface area (Å²) in [7, 11) is 1.60. The van der Waals surface area contributed by atoms with E-state index in [1.807, 2.05) is 36.6 Å². The van der Waals surface area contributed by atoms with Gasteiger partial charge in [0.25, 0.3) is 11.6 Å². The zero-order valence-electron chi connectivity index (χ0n) is 15.6. The minimum atomic E-state index is -0.506. The Balaban J connectivity index is 1.58. The molecule has 0 fully saturated rings. The lowest BCUT2D eigenvalue weighted by Crippen LogP contribution is -2.25. The van der Waals surface area contributed by atoms with Crippen molar-refractivity contribution >= 4 is 28.6 Å². The van der Waals surface area contributed by atoms with Crippen molar-refractivity contribution in [1.29, 1.82) is 0 Å². The molecule has 0 saturated heterocycles. The number of hydrogen-bond donors (Lipinski definition) is 2. The molecule has 8 heteroatoms. The maximum atomic E-state index is 12.3. The molecule has 0 saturated carbocycles. The van der Waals surface area contributed by atoms with Crippen LogP contribution in [0.3, 0.4) is 0 Å². The fourth-order valence-electron chi connectivity index (χ4n) is 2.80. The van der Waals surface area contributed by atoms with E-state index >= 15 is 0 Å². The monoisotopic (exact) mass is 396 g/mol. The Morgan fingerprint density at radius 2 is 1.96 bits per heavy atom. The van der Waals surface area contributed by atoms with Crippen molar-refractivity contribution in [1.82, 2.24) is 10.3 Å². The van der Waals surface area contributed by atoms with Gasteiger partial charge in [-0.25, -0.2) is 4.98 Å². The first-order valence-corrected chi connectivity index (χ1v) is 9.61. The quantitative estimate of drug-likeness (QED) is 0.464. The molecule has 1 aromatic heterocycles. The summed E-state index contributed by atoms with van der Waals surface area (Å²) in [5, 5.41) is 19.7. The first-order valence-electron chi connectivity index (χ1n) is 8.74. The molecule has 0 aliphatic heterocycles. The fourth-order valence-corrected chi connectivity index (χ4v) is 3.42. The van der Waals surface area contributed by atoms with Gasteiger partial charge < -0.3 is 10.6 Å². The van der Waals surface area contributed by atoms with Crippen molar-refractivity contribution in [2.75, 3.05) is 18.9 Å². The van der Waals surface area contributed by atoms with Crippen LogP contribution in [0, 0.1) is 17.0 Å². The Bertz CT molecular complexity index is 999. The third-order valence-electron chi connectivity index (χ3n) is 4.29. The number of aryl methyl sites for hydroxylation is 1. The van der Waals surface area contributed by atoms with Gasteiger partial charge in [-0.1, -0.05) is 24.3 Å². The van der Waals surface area contributed by atoms with Gasteiger partial charge in [0.2, 0.25) is 0 Å². The number of thiazole rings is 1. The second-order valence-electron chi connectivity index (χ2n) is 6.19. The molecule has 2 aromatic carbocycles. The van der Waals surface area contributed by atoms with Crippen LogP contribution in [0.1, 0.15) is 20.9 Å². The maximum Gasteiger partial charge on any atom is 0.293 e. The first-order chi connectivity index (χ1) is 13.5. The Kier molecular flexibility index (Phi) is 6.00. The van der Waals surface area contributed by atoms with Gasteiger partial charge in [-0.15, -0.1) is 11.3 Å². The van der Waals surface area contributed by atoms with E-state index in [2.05, 4.69) is 15.6 Å². The van der Waals surface area contributed by atoms with Crippen molar-refractivity contribution in [2.24, 2.45) is 0 Å². The first kappa shape index (κ1) is 19.5. The summed E-state index contributed by atoms with van der Waals surface area (Å²) in [6.07, 6.45) is 0.665. The number of nitrogens with one attached hydrogen (secondary N) is 2. The Hall–Kier alpha value is -3.26. The largest absolute Gasteiger partial charge is 0.383 e. The van der Waals surface area contributed by atoms with Crippen LogP contribution in [0.5, 0.6) is 0 Å². The molecule has 1 heterocycles. The lowest BCUT2D eigenvalue weighted by molar-refractivity contribution is -0.384. The predicted molar refractivity (Wildman–Crippen MR) is 111 cm³/mol. The number of benzene rings is 2. The van der Waals surface area contributed by atoms with Gasteiger partial charge in [-0.2, -0.15) is 0 Å². The second kappa shape index (κ2) is 8.62. The summed E-state index contributed by atoms with van der Waals surface area (Å²) < 4.78 is 0. The third-order valence-corrected chi connectivity index (χ3v) is 5.07. The summed E-state index contributed by atoms with van der Waals surface area (Å²) in [5.41, 5.74) is 3.63. The minimum absolute atomic E-state index is 0.122. The topological polar surface area (TPSA) is 97.2 Å². The predicted octanol–water partition coefficient (Wildman–Crippen LogP) is 4.04. The molecule has 0 aliphatic rings. The molecule has 0 bridgehead atoms. The average molecular weight is 396 g/mol. The number of aromatic nitrogens is 1. The van der Waals surface area contributed by atoms with Crippen LogP contribution >= 0.6 is 11.3 Å². The van der Waals surface area contributed by atoms with E-state index in [9.17, 15) is 14.9 Å². The standard InChI is InChI=1S/C20H20N4O3S/c1-13-23-18(12-28-13)15-5-3-14(4-6-15)9-10-22-20(25)16-7-8-17(21-2)19(11-16)24(26)27/h3-8,11-12,21H,9-10H2,1-2H3,(H,22,25). The lowest BCUT2D eigenvalue weighted by atomic mass is 10.1. The van der Waals surface area contributed by atoms with E-state index in [1.54, 1.807) is 24.5 Å². The van der Waals surface area contributed by atoms with Gasteiger partial charge in [0.15, 0.2) is 0 Å². The van der Waals surface area contributed by atoms with Gasteiger partial charge in [0.05, 0.1) is 15.6 Å². The number of nitro benzene ring substituents is 1. The van der Waals surface area contributed by atoms with Crippen molar-refractivity contribution in [3.8, 4) is 11.3 Å². The van der Waals surface area contributed by atoms with Crippen LogP contribution in [0.15, 0.2) is 47.8 Å².